The van der Waals surface area contributed by atoms with Gasteiger partial charge in [-0.25, -0.2) is 17.8 Å². The van der Waals surface area contributed by atoms with Gasteiger partial charge in [-0.15, -0.1) is 0 Å². The Morgan fingerprint density at radius 1 is 1.16 bits per heavy atom. The second-order valence-corrected chi connectivity index (χ2v) is 5.31. The Morgan fingerprint density at radius 3 is 2.53 bits per heavy atom. The van der Waals surface area contributed by atoms with E-state index in [4.69, 9.17) is 5.73 Å². The zero-order valence-corrected chi connectivity index (χ0v) is 10.3. The summed E-state index contributed by atoms with van der Waals surface area (Å²) in [5.41, 5.74) is 5.44. The number of aromatic nitrogens is 1. The molecule has 0 fully saturated rings. The van der Waals surface area contributed by atoms with Crippen LogP contribution >= 0.6 is 0 Å². The molecule has 0 saturated carbocycles. The molecule has 0 bridgehead atoms. The second-order valence-electron chi connectivity index (χ2n) is 3.66. The Labute approximate surface area is 108 Å². The molecular weight excluding hydrogens is 276 g/mol. The summed E-state index contributed by atoms with van der Waals surface area (Å²) in [6.07, 6.45) is 1.00. The zero-order valence-electron chi connectivity index (χ0n) is 9.47. The minimum Gasteiger partial charge on any atom is -0.398 e. The third kappa shape index (κ3) is 2.97. The predicted molar refractivity (Wildman–Crippen MR) is 65.8 cm³/mol. The summed E-state index contributed by atoms with van der Waals surface area (Å²) in [5, 5.41) is 0. The van der Waals surface area contributed by atoms with E-state index < -0.39 is 26.7 Å². The average molecular weight is 285 g/mol. The van der Waals surface area contributed by atoms with Crippen molar-refractivity contribution in [1.82, 2.24) is 4.98 Å². The van der Waals surface area contributed by atoms with Gasteiger partial charge in [0.1, 0.15) is 10.7 Å². The van der Waals surface area contributed by atoms with Gasteiger partial charge in [0.15, 0.2) is 0 Å². The number of anilines is 2. The zero-order chi connectivity index (χ0) is 14.0. The lowest BCUT2D eigenvalue weighted by molar-refractivity contribution is 0.583. The van der Waals surface area contributed by atoms with Crippen molar-refractivity contribution < 1.29 is 17.2 Å². The fourth-order valence-electron chi connectivity index (χ4n) is 1.39. The number of hydrogen-bond acceptors (Lipinski definition) is 4. The van der Waals surface area contributed by atoms with Crippen LogP contribution in [0, 0.1) is 11.8 Å². The van der Waals surface area contributed by atoms with E-state index in [0.717, 1.165) is 30.5 Å². The van der Waals surface area contributed by atoms with Gasteiger partial charge in [-0.05, 0) is 30.3 Å². The molecule has 2 aromatic rings. The highest BCUT2D eigenvalue weighted by molar-refractivity contribution is 7.92. The summed E-state index contributed by atoms with van der Waals surface area (Å²) in [7, 11) is -4.06. The number of sulfonamides is 1. The van der Waals surface area contributed by atoms with E-state index >= 15 is 0 Å². The summed E-state index contributed by atoms with van der Waals surface area (Å²) in [4.78, 5) is 2.91. The van der Waals surface area contributed by atoms with Crippen LogP contribution in [0.2, 0.25) is 0 Å². The molecule has 100 valence electrons. The van der Waals surface area contributed by atoms with Crippen LogP contribution in [0.25, 0.3) is 0 Å². The van der Waals surface area contributed by atoms with Gasteiger partial charge in [0.05, 0.1) is 17.6 Å². The molecule has 3 N–H and O–H groups in total. The number of nitrogens with two attached hydrogens (primary N) is 1. The van der Waals surface area contributed by atoms with Gasteiger partial charge in [-0.3, -0.25) is 4.72 Å². The number of nitrogen functional groups attached to an aromatic ring is 1. The molecule has 8 heteroatoms. The molecule has 1 heterocycles. The molecule has 1 aromatic heterocycles. The number of nitrogens with zero attached hydrogens (tertiary/aromatic N) is 1. The molecule has 0 aliphatic heterocycles. The summed E-state index contributed by atoms with van der Waals surface area (Å²) in [5.74, 6) is -1.47. The number of pyridine rings is 1. The molecule has 5 nitrogen and oxygen atoms in total. The first kappa shape index (κ1) is 13.2. The highest BCUT2D eigenvalue weighted by Gasteiger charge is 2.18. The molecule has 2 rings (SSSR count). The van der Waals surface area contributed by atoms with Crippen molar-refractivity contribution >= 4 is 21.4 Å². The maximum Gasteiger partial charge on any atom is 0.264 e. The summed E-state index contributed by atoms with van der Waals surface area (Å²) >= 11 is 0. The van der Waals surface area contributed by atoms with E-state index in [9.17, 15) is 17.2 Å². The van der Waals surface area contributed by atoms with Gasteiger partial charge in [-0.2, -0.15) is 4.39 Å². The summed E-state index contributed by atoms with van der Waals surface area (Å²) in [6.45, 7) is 0. The number of halogens is 2. The first-order chi connectivity index (χ1) is 8.88. The molecular formula is C11H9F2N3O2S. The molecule has 0 radical (unpaired) electrons. The Balaban J connectivity index is 2.37. The van der Waals surface area contributed by atoms with Crippen LogP contribution < -0.4 is 10.5 Å². The third-order valence-corrected chi connectivity index (χ3v) is 3.68. The molecule has 0 aliphatic rings. The van der Waals surface area contributed by atoms with Crippen LogP contribution in [0.5, 0.6) is 0 Å². The minimum absolute atomic E-state index is 0.0464. The van der Waals surface area contributed by atoms with Crippen molar-refractivity contribution in [3.8, 4) is 0 Å². The first-order valence-corrected chi connectivity index (χ1v) is 6.56. The van der Waals surface area contributed by atoms with Crippen LogP contribution in [-0.4, -0.2) is 13.4 Å². The molecule has 0 saturated heterocycles. The predicted octanol–water partition coefficient (Wildman–Crippen LogP) is 1.74. The number of nitrogens with one attached hydrogen (secondary N) is 1. The van der Waals surface area contributed by atoms with Crippen LogP contribution in [0.1, 0.15) is 0 Å². The normalized spacial score (nSPS) is 11.3. The van der Waals surface area contributed by atoms with Crippen LogP contribution in [0.4, 0.5) is 20.2 Å². The van der Waals surface area contributed by atoms with Gasteiger partial charge in [0.25, 0.3) is 10.0 Å². The lowest BCUT2D eigenvalue weighted by Crippen LogP contribution is -2.15. The van der Waals surface area contributed by atoms with E-state index in [0.29, 0.717) is 0 Å². The fraction of sp³-hybridized carbons (Fsp3) is 0. The van der Waals surface area contributed by atoms with E-state index in [1.54, 1.807) is 0 Å². The topological polar surface area (TPSA) is 85.1 Å². The van der Waals surface area contributed by atoms with Gasteiger partial charge >= 0.3 is 0 Å². The van der Waals surface area contributed by atoms with Crippen molar-refractivity contribution in [2.45, 2.75) is 4.90 Å². The number of hydrogen-bond donors (Lipinski definition) is 2. The van der Waals surface area contributed by atoms with Gasteiger partial charge in [0.2, 0.25) is 5.95 Å². The quantitative estimate of drug-likeness (QED) is 0.664. The maximum atomic E-state index is 13.1. The van der Waals surface area contributed by atoms with E-state index in [1.807, 2.05) is 0 Å². The molecule has 0 amide bonds. The lowest BCUT2D eigenvalue weighted by atomic mass is 10.3. The van der Waals surface area contributed by atoms with Crippen molar-refractivity contribution in [3.63, 3.8) is 0 Å². The average Bonchev–Trinajstić information content (AvgIpc) is 2.35. The van der Waals surface area contributed by atoms with Crippen molar-refractivity contribution in [2.24, 2.45) is 0 Å². The Morgan fingerprint density at radius 2 is 1.89 bits per heavy atom. The molecule has 19 heavy (non-hydrogen) atoms. The van der Waals surface area contributed by atoms with E-state index in [2.05, 4.69) is 9.71 Å². The molecule has 1 aromatic carbocycles. The van der Waals surface area contributed by atoms with E-state index in [-0.39, 0.29) is 11.4 Å². The van der Waals surface area contributed by atoms with Crippen molar-refractivity contribution in [2.75, 3.05) is 10.5 Å². The van der Waals surface area contributed by atoms with E-state index in [1.165, 1.54) is 6.07 Å². The van der Waals surface area contributed by atoms with Crippen LogP contribution in [0.3, 0.4) is 0 Å². The van der Waals surface area contributed by atoms with Gasteiger partial charge in [0, 0.05) is 0 Å². The largest absolute Gasteiger partial charge is 0.398 e. The first-order valence-electron chi connectivity index (χ1n) is 5.08. The van der Waals surface area contributed by atoms with Crippen LogP contribution in [-0.2, 0) is 10.0 Å². The summed E-state index contributed by atoms with van der Waals surface area (Å²) < 4.78 is 51.7. The number of benzene rings is 1. The molecule has 0 spiro atoms. The Bertz CT molecular complexity index is 702. The van der Waals surface area contributed by atoms with Crippen molar-refractivity contribution in [3.05, 3.63) is 48.3 Å². The molecule has 0 atom stereocenters. The lowest BCUT2D eigenvalue weighted by Gasteiger charge is -2.09. The number of rotatable bonds is 3. The fourth-order valence-corrected chi connectivity index (χ4v) is 2.57. The maximum absolute atomic E-state index is 13.1. The van der Waals surface area contributed by atoms with Crippen molar-refractivity contribution in [1.29, 1.82) is 0 Å². The Hall–Kier alpha value is -2.22. The third-order valence-electron chi connectivity index (χ3n) is 2.24. The Kier molecular flexibility index (Phi) is 3.34. The minimum atomic E-state index is -4.06. The molecule has 0 unspecified atom stereocenters. The van der Waals surface area contributed by atoms with Gasteiger partial charge in [-0.1, -0.05) is 0 Å². The molecule has 0 aliphatic carbocycles. The van der Waals surface area contributed by atoms with Gasteiger partial charge < -0.3 is 5.73 Å². The van der Waals surface area contributed by atoms with Crippen LogP contribution in [0.15, 0.2) is 41.4 Å². The smallest absolute Gasteiger partial charge is 0.264 e. The second kappa shape index (κ2) is 4.81. The monoisotopic (exact) mass is 285 g/mol. The standard InChI is InChI=1S/C11H9F2N3O2S/c12-7-1-3-9(14)10(5-7)19(17,18)16-8-2-4-11(13)15-6-8/h1-6,16H,14H2. The highest BCUT2D eigenvalue weighted by atomic mass is 32.2. The SMILES string of the molecule is Nc1ccc(F)cc1S(=O)(=O)Nc1ccc(F)nc1. The summed E-state index contributed by atoms with van der Waals surface area (Å²) in [6, 6.07) is 5.18. The highest BCUT2D eigenvalue weighted by Crippen LogP contribution is 2.22.